The number of hydrogen-bond acceptors (Lipinski definition) is 11. The van der Waals surface area contributed by atoms with E-state index in [2.05, 4.69) is 21.3 Å². The van der Waals surface area contributed by atoms with Crippen LogP contribution in [0.2, 0.25) is 0 Å². The van der Waals surface area contributed by atoms with Gasteiger partial charge < -0.3 is 58.7 Å². The first-order chi connectivity index (χ1) is 23.0. The third kappa shape index (κ3) is 14.7. The van der Waals surface area contributed by atoms with Crippen LogP contribution in [0.3, 0.4) is 0 Å². The molecule has 1 aliphatic rings. The summed E-state index contributed by atoms with van der Waals surface area (Å²) in [6.07, 6.45) is 0.886. The maximum atomic E-state index is 13.8. The molecule has 0 radical (unpaired) electrons. The van der Waals surface area contributed by atoms with Crippen molar-refractivity contribution in [2.45, 2.75) is 114 Å². The molecular weight excluding hydrogens is 648 g/mol. The fourth-order valence-electron chi connectivity index (χ4n) is 5.25. The molecule has 19 heteroatoms. The standard InChI is InChI=1S/C30H52N8O11/c1-16(2)24(30(48)49)37-28(46)21-10-7-13-38(21)29(47)18(9-4-6-12-32)34-26(44)20(15-23(41)42)36-27(45)19(14-22(39)40)35-25(43)17(33)8-3-5-11-31/h16-21,24H,3-15,31-33H2,1-2H3,(H,34,44)(H,35,43)(H,36,45)(H,37,46)(H,39,40)(H,41,42)(H,48,49)/t17-,18-,19-,20-,21-,24-/m0/s1. The lowest BCUT2D eigenvalue weighted by molar-refractivity contribution is -0.146. The fourth-order valence-corrected chi connectivity index (χ4v) is 5.25. The number of carbonyl (C=O) groups is 8. The Morgan fingerprint density at radius 2 is 1.20 bits per heavy atom. The van der Waals surface area contributed by atoms with Crippen LogP contribution in [0.4, 0.5) is 0 Å². The number of hydrogen-bond donors (Lipinski definition) is 10. The Balaban J connectivity index is 3.21. The van der Waals surface area contributed by atoms with Gasteiger partial charge in [-0.2, -0.15) is 0 Å². The van der Waals surface area contributed by atoms with E-state index in [-0.39, 0.29) is 32.4 Å². The van der Waals surface area contributed by atoms with Crippen molar-refractivity contribution < 1.29 is 53.7 Å². The number of amides is 5. The molecule has 49 heavy (non-hydrogen) atoms. The van der Waals surface area contributed by atoms with E-state index >= 15 is 0 Å². The second-order valence-corrected chi connectivity index (χ2v) is 12.3. The van der Waals surface area contributed by atoms with Crippen molar-refractivity contribution in [3.8, 4) is 0 Å². The van der Waals surface area contributed by atoms with Crippen molar-refractivity contribution >= 4 is 47.4 Å². The maximum absolute atomic E-state index is 13.8. The van der Waals surface area contributed by atoms with E-state index in [9.17, 15) is 53.7 Å². The first kappa shape index (κ1) is 42.7. The van der Waals surface area contributed by atoms with Crippen LogP contribution in [0.5, 0.6) is 0 Å². The van der Waals surface area contributed by atoms with Gasteiger partial charge in [0.15, 0.2) is 0 Å². The third-order valence-electron chi connectivity index (χ3n) is 7.96. The number of unbranched alkanes of at least 4 members (excludes halogenated alkanes) is 2. The lowest BCUT2D eigenvalue weighted by Crippen LogP contribution is -2.59. The highest BCUT2D eigenvalue weighted by Crippen LogP contribution is 2.21. The molecule has 6 atom stereocenters. The van der Waals surface area contributed by atoms with Gasteiger partial charge in [0.2, 0.25) is 29.5 Å². The number of nitrogens with two attached hydrogens (primary N) is 3. The summed E-state index contributed by atoms with van der Waals surface area (Å²) in [4.78, 5) is 102. The first-order valence-electron chi connectivity index (χ1n) is 16.4. The number of nitrogens with zero attached hydrogens (tertiary/aromatic N) is 1. The van der Waals surface area contributed by atoms with E-state index in [0.29, 0.717) is 38.6 Å². The van der Waals surface area contributed by atoms with Crippen LogP contribution in [-0.4, -0.2) is 124 Å². The summed E-state index contributed by atoms with van der Waals surface area (Å²) in [5, 5.41) is 37.6. The average Bonchev–Trinajstić information content (AvgIpc) is 3.51. The van der Waals surface area contributed by atoms with Gasteiger partial charge in [-0.05, 0) is 64.0 Å². The summed E-state index contributed by atoms with van der Waals surface area (Å²) in [6.45, 7) is 3.98. The van der Waals surface area contributed by atoms with Gasteiger partial charge in [0.1, 0.15) is 30.2 Å². The number of carbonyl (C=O) groups excluding carboxylic acids is 5. The molecule has 0 unspecified atom stereocenters. The Kier molecular flexibility index (Phi) is 18.8. The Morgan fingerprint density at radius 1 is 0.714 bits per heavy atom. The van der Waals surface area contributed by atoms with Gasteiger partial charge in [-0.15, -0.1) is 0 Å². The first-order valence-corrected chi connectivity index (χ1v) is 16.4. The quantitative estimate of drug-likeness (QED) is 0.0481. The van der Waals surface area contributed by atoms with Gasteiger partial charge in [-0.3, -0.25) is 33.6 Å². The summed E-state index contributed by atoms with van der Waals surface area (Å²) in [7, 11) is 0. The highest BCUT2D eigenvalue weighted by molar-refractivity contribution is 5.98. The van der Waals surface area contributed by atoms with Crippen LogP contribution in [0, 0.1) is 5.92 Å². The molecule has 278 valence electrons. The number of nitrogens with one attached hydrogen (secondary N) is 4. The monoisotopic (exact) mass is 700 g/mol. The molecule has 1 heterocycles. The van der Waals surface area contributed by atoms with Gasteiger partial charge in [0, 0.05) is 6.54 Å². The maximum Gasteiger partial charge on any atom is 0.326 e. The minimum Gasteiger partial charge on any atom is -0.481 e. The molecule has 0 aromatic rings. The van der Waals surface area contributed by atoms with Gasteiger partial charge in [-0.25, -0.2) is 4.79 Å². The minimum atomic E-state index is -1.80. The molecule has 0 spiro atoms. The molecule has 1 rings (SSSR count). The Labute approximate surface area is 284 Å². The molecule has 0 aromatic carbocycles. The van der Waals surface area contributed by atoms with Gasteiger partial charge in [0.05, 0.1) is 18.9 Å². The molecule has 1 aliphatic heterocycles. The molecule has 0 aliphatic carbocycles. The lowest BCUT2D eigenvalue weighted by Gasteiger charge is -2.31. The number of carboxylic acid groups (broad SMARTS) is 3. The molecule has 5 amide bonds. The number of likely N-dealkylation sites (tertiary alicyclic amines) is 1. The van der Waals surface area contributed by atoms with Gasteiger partial charge >= 0.3 is 17.9 Å². The van der Waals surface area contributed by atoms with Crippen molar-refractivity contribution in [1.29, 1.82) is 0 Å². The third-order valence-corrected chi connectivity index (χ3v) is 7.96. The second-order valence-electron chi connectivity index (χ2n) is 12.3. The predicted molar refractivity (Wildman–Crippen MR) is 173 cm³/mol. The summed E-state index contributed by atoms with van der Waals surface area (Å²) in [5.41, 5.74) is 16.9. The lowest BCUT2D eigenvalue weighted by atomic mass is 10.0. The van der Waals surface area contributed by atoms with E-state index in [1.165, 1.54) is 4.90 Å². The smallest absolute Gasteiger partial charge is 0.326 e. The summed E-state index contributed by atoms with van der Waals surface area (Å²) in [5.74, 6) is -9.14. The molecule has 19 nitrogen and oxygen atoms in total. The topological polar surface area (TPSA) is 327 Å². The highest BCUT2D eigenvalue weighted by atomic mass is 16.4. The van der Waals surface area contributed by atoms with Crippen molar-refractivity contribution in [1.82, 2.24) is 26.2 Å². The molecule has 1 fully saturated rings. The summed E-state index contributed by atoms with van der Waals surface area (Å²) >= 11 is 0. The Hall–Kier alpha value is -4.36. The van der Waals surface area contributed by atoms with Crippen LogP contribution >= 0.6 is 0 Å². The number of carboxylic acids is 3. The van der Waals surface area contributed by atoms with Gasteiger partial charge in [0.25, 0.3) is 0 Å². The van der Waals surface area contributed by atoms with Crippen LogP contribution in [0.25, 0.3) is 0 Å². The van der Waals surface area contributed by atoms with Crippen LogP contribution < -0.4 is 38.5 Å². The van der Waals surface area contributed by atoms with Crippen LogP contribution in [0.15, 0.2) is 0 Å². The summed E-state index contributed by atoms with van der Waals surface area (Å²) in [6, 6.07) is -8.14. The van der Waals surface area contributed by atoms with Crippen LogP contribution in [0.1, 0.15) is 78.1 Å². The average molecular weight is 701 g/mol. The number of rotatable bonds is 23. The molecular formula is C30H52N8O11. The van der Waals surface area contributed by atoms with Crippen molar-refractivity contribution in [3.63, 3.8) is 0 Å². The van der Waals surface area contributed by atoms with Crippen molar-refractivity contribution in [2.24, 2.45) is 23.1 Å². The molecule has 13 N–H and O–H groups in total. The van der Waals surface area contributed by atoms with E-state index in [4.69, 9.17) is 17.2 Å². The normalized spacial score (nSPS) is 17.3. The SMILES string of the molecule is CC(C)[C@H](NC(=O)[C@@H]1CCCN1C(=O)[C@H](CCCCN)NC(=O)[C@H](CC(=O)O)NC(=O)[C@H](CC(=O)O)NC(=O)[C@@H](N)CCCCN)C(=O)O. The largest absolute Gasteiger partial charge is 0.481 e. The zero-order valence-electron chi connectivity index (χ0n) is 28.0. The zero-order chi connectivity index (χ0) is 37.3. The second kappa shape index (κ2) is 21.6. The van der Waals surface area contributed by atoms with E-state index in [1.807, 2.05) is 0 Å². The molecule has 0 bridgehead atoms. The predicted octanol–water partition coefficient (Wildman–Crippen LogP) is -2.81. The summed E-state index contributed by atoms with van der Waals surface area (Å²) < 4.78 is 0. The van der Waals surface area contributed by atoms with Gasteiger partial charge in [-0.1, -0.05) is 20.3 Å². The van der Waals surface area contributed by atoms with Crippen molar-refractivity contribution in [2.75, 3.05) is 19.6 Å². The highest BCUT2D eigenvalue weighted by Gasteiger charge is 2.40. The van der Waals surface area contributed by atoms with E-state index in [1.54, 1.807) is 13.8 Å². The van der Waals surface area contributed by atoms with E-state index < -0.39 is 102 Å². The van der Waals surface area contributed by atoms with Crippen molar-refractivity contribution in [3.05, 3.63) is 0 Å². The molecule has 1 saturated heterocycles. The Morgan fingerprint density at radius 3 is 1.67 bits per heavy atom. The zero-order valence-corrected chi connectivity index (χ0v) is 28.0. The number of aliphatic carboxylic acids is 3. The Bertz CT molecular complexity index is 1180. The molecule has 0 aromatic heterocycles. The minimum absolute atomic E-state index is 0.0316. The van der Waals surface area contributed by atoms with E-state index in [0.717, 1.165) is 0 Å². The van der Waals surface area contributed by atoms with Crippen LogP contribution in [-0.2, 0) is 38.4 Å². The fraction of sp³-hybridized carbons (Fsp3) is 0.733. The molecule has 0 saturated carbocycles.